The fourth-order valence-electron chi connectivity index (χ4n) is 4.31. The van der Waals surface area contributed by atoms with Crippen molar-refractivity contribution >= 4 is 37.8 Å². The van der Waals surface area contributed by atoms with Crippen LogP contribution < -0.4 is 10.1 Å². The molecule has 0 radical (unpaired) electrons. The van der Waals surface area contributed by atoms with Crippen molar-refractivity contribution in [1.29, 1.82) is 0 Å². The third-order valence-electron chi connectivity index (χ3n) is 5.70. The lowest BCUT2D eigenvalue weighted by atomic mass is 10.1. The van der Waals surface area contributed by atoms with E-state index < -0.39 is 40.0 Å². The Kier molecular flexibility index (Phi) is 5.88. The molecule has 0 saturated carbocycles. The van der Waals surface area contributed by atoms with Gasteiger partial charge in [-0.2, -0.15) is 4.36 Å². The summed E-state index contributed by atoms with van der Waals surface area (Å²) in [6.07, 6.45) is 2.48. The number of ether oxygens (including phenoxy) is 3. The molecule has 2 aliphatic rings. The Bertz CT molecular complexity index is 1370. The van der Waals surface area contributed by atoms with E-state index in [2.05, 4.69) is 19.6 Å². The van der Waals surface area contributed by atoms with Crippen LogP contribution in [0.3, 0.4) is 0 Å². The Hall–Kier alpha value is -2.86. The molecule has 2 aliphatic heterocycles. The second-order valence-corrected chi connectivity index (χ2v) is 11.3. The number of aromatic nitrogens is 2. The fourth-order valence-corrected chi connectivity index (χ4v) is 4.92. The van der Waals surface area contributed by atoms with Crippen molar-refractivity contribution in [1.82, 2.24) is 9.97 Å². The molecule has 34 heavy (non-hydrogen) atoms. The number of aliphatic hydroxyl groups excluding tert-OH is 1. The predicted octanol–water partition coefficient (Wildman–Crippen LogP) is 3.09. The highest BCUT2D eigenvalue weighted by Gasteiger charge is 2.48. The number of nitrogens with zero attached hydrogens (tertiary/aromatic N) is 3. The molecule has 0 bridgehead atoms. The Balaban J connectivity index is 1.48. The van der Waals surface area contributed by atoms with Gasteiger partial charge in [0.2, 0.25) is 0 Å². The zero-order chi connectivity index (χ0) is 24.0. The van der Waals surface area contributed by atoms with E-state index >= 15 is 0 Å². The molecular formula is C23H25FN4O5S. The molecule has 3 heterocycles. The van der Waals surface area contributed by atoms with Gasteiger partial charge in [0.05, 0.1) is 30.1 Å². The number of aryl methyl sites for hydroxylation is 1. The maximum absolute atomic E-state index is 14.1. The molecule has 0 aliphatic carbocycles. The van der Waals surface area contributed by atoms with Crippen LogP contribution in [0.15, 0.2) is 41.0 Å². The van der Waals surface area contributed by atoms with E-state index in [4.69, 9.17) is 14.2 Å². The van der Waals surface area contributed by atoms with Gasteiger partial charge in [0.15, 0.2) is 6.10 Å². The summed E-state index contributed by atoms with van der Waals surface area (Å²) in [5.74, 6) is 0.320. The molecule has 180 valence electrons. The molecular weight excluding hydrogens is 463 g/mol. The van der Waals surface area contributed by atoms with E-state index in [0.29, 0.717) is 22.7 Å². The third-order valence-corrected chi connectivity index (χ3v) is 6.35. The summed E-state index contributed by atoms with van der Waals surface area (Å²) in [4.78, 5) is 8.73. The number of fused-ring (bicyclic) bond motifs is 2. The number of anilines is 2. The van der Waals surface area contributed by atoms with Gasteiger partial charge in [-0.25, -0.2) is 18.6 Å². The van der Waals surface area contributed by atoms with Crippen molar-refractivity contribution in [3.05, 3.63) is 48.0 Å². The van der Waals surface area contributed by atoms with Gasteiger partial charge in [-0.15, -0.1) is 0 Å². The van der Waals surface area contributed by atoms with Gasteiger partial charge >= 0.3 is 0 Å². The Morgan fingerprint density at radius 2 is 1.97 bits per heavy atom. The topological polar surface area (TPSA) is 115 Å². The molecule has 3 aromatic rings. The van der Waals surface area contributed by atoms with Crippen molar-refractivity contribution < 1.29 is 27.9 Å². The molecule has 9 nitrogen and oxygen atoms in total. The van der Waals surface area contributed by atoms with Crippen LogP contribution in [0.2, 0.25) is 0 Å². The van der Waals surface area contributed by atoms with Gasteiger partial charge < -0.3 is 24.6 Å². The van der Waals surface area contributed by atoms with Gasteiger partial charge in [0, 0.05) is 33.7 Å². The van der Waals surface area contributed by atoms with Crippen molar-refractivity contribution in [3.8, 4) is 5.75 Å². The quantitative estimate of drug-likeness (QED) is 0.563. The van der Waals surface area contributed by atoms with E-state index in [1.165, 1.54) is 18.5 Å². The van der Waals surface area contributed by atoms with Crippen LogP contribution in [-0.2, 0) is 19.2 Å². The van der Waals surface area contributed by atoms with Crippen LogP contribution in [-0.4, -0.2) is 69.4 Å². The molecule has 1 aromatic heterocycles. The SMILES string of the molecule is Cc1cc(N=S(C)(C)=O)cc2ncnc(Nc3ccc(F)cc3O[C@H]3COC4C3OC[C@H]4O)c12. The van der Waals surface area contributed by atoms with E-state index in [1.807, 2.05) is 13.0 Å². The second-order valence-electron chi connectivity index (χ2n) is 8.74. The molecule has 2 aromatic carbocycles. The molecule has 2 saturated heterocycles. The maximum Gasteiger partial charge on any atom is 0.151 e. The lowest BCUT2D eigenvalue weighted by Crippen LogP contribution is -2.34. The summed E-state index contributed by atoms with van der Waals surface area (Å²) in [7, 11) is -2.32. The Morgan fingerprint density at radius 3 is 2.76 bits per heavy atom. The highest BCUT2D eigenvalue weighted by Crippen LogP contribution is 2.36. The lowest BCUT2D eigenvalue weighted by molar-refractivity contribution is 0.00871. The zero-order valence-electron chi connectivity index (χ0n) is 18.9. The molecule has 2 N–H and O–H groups in total. The lowest BCUT2D eigenvalue weighted by Gasteiger charge is -2.21. The van der Waals surface area contributed by atoms with Crippen LogP contribution in [0.1, 0.15) is 5.56 Å². The van der Waals surface area contributed by atoms with Crippen molar-refractivity contribution in [2.45, 2.75) is 31.3 Å². The van der Waals surface area contributed by atoms with Crippen LogP contribution in [0.5, 0.6) is 5.75 Å². The summed E-state index contributed by atoms with van der Waals surface area (Å²) in [5, 5.41) is 14.0. The first kappa shape index (κ1) is 22.9. The van der Waals surface area contributed by atoms with Gasteiger partial charge in [-0.1, -0.05) is 0 Å². The number of aliphatic hydroxyl groups is 1. The first-order valence-electron chi connectivity index (χ1n) is 10.7. The smallest absolute Gasteiger partial charge is 0.151 e. The van der Waals surface area contributed by atoms with E-state index in [0.717, 1.165) is 10.9 Å². The van der Waals surface area contributed by atoms with Crippen LogP contribution in [0.25, 0.3) is 10.9 Å². The monoisotopic (exact) mass is 488 g/mol. The van der Waals surface area contributed by atoms with Crippen LogP contribution in [0.4, 0.5) is 21.6 Å². The number of rotatable bonds is 5. The van der Waals surface area contributed by atoms with E-state index in [1.54, 1.807) is 24.6 Å². The minimum atomic E-state index is -2.32. The molecule has 4 atom stereocenters. The van der Waals surface area contributed by atoms with Crippen molar-refractivity contribution in [2.24, 2.45) is 4.36 Å². The van der Waals surface area contributed by atoms with Gasteiger partial charge in [0.25, 0.3) is 0 Å². The Morgan fingerprint density at radius 1 is 1.18 bits per heavy atom. The first-order valence-corrected chi connectivity index (χ1v) is 13.1. The molecule has 5 rings (SSSR count). The van der Waals surface area contributed by atoms with Gasteiger partial charge in [-0.3, -0.25) is 0 Å². The number of hydrogen-bond donors (Lipinski definition) is 2. The highest BCUT2D eigenvalue weighted by molar-refractivity contribution is 7.92. The summed E-state index contributed by atoms with van der Waals surface area (Å²) >= 11 is 0. The van der Waals surface area contributed by atoms with E-state index in [9.17, 15) is 13.7 Å². The number of hydrogen-bond acceptors (Lipinski definition) is 9. The van der Waals surface area contributed by atoms with Gasteiger partial charge in [-0.05, 0) is 36.8 Å². The van der Waals surface area contributed by atoms with E-state index in [-0.39, 0.29) is 19.0 Å². The average Bonchev–Trinajstić information content (AvgIpc) is 3.32. The summed E-state index contributed by atoms with van der Waals surface area (Å²) in [6.45, 7) is 2.29. The minimum absolute atomic E-state index is 0.176. The third kappa shape index (κ3) is 4.56. The predicted molar refractivity (Wildman–Crippen MR) is 126 cm³/mol. The summed E-state index contributed by atoms with van der Waals surface area (Å²) in [6, 6.07) is 7.75. The molecule has 2 unspecified atom stereocenters. The molecule has 0 spiro atoms. The number of benzene rings is 2. The molecule has 2 fully saturated rings. The fraction of sp³-hybridized carbons (Fsp3) is 0.391. The van der Waals surface area contributed by atoms with Crippen molar-refractivity contribution in [3.63, 3.8) is 0 Å². The zero-order valence-corrected chi connectivity index (χ0v) is 19.7. The maximum atomic E-state index is 14.1. The van der Waals surface area contributed by atoms with Crippen molar-refractivity contribution in [2.75, 3.05) is 31.0 Å². The largest absolute Gasteiger partial charge is 0.483 e. The van der Waals surface area contributed by atoms with Crippen LogP contribution in [0, 0.1) is 12.7 Å². The number of halogens is 1. The summed E-state index contributed by atoms with van der Waals surface area (Å²) in [5.41, 5.74) is 2.55. The standard InChI is InChI=1S/C23H25FN4O5S/c1-12-6-14(28-34(2,3)30)8-16-20(12)23(26-11-25-16)27-15-5-4-13(24)7-18(15)33-19-10-32-21-17(29)9-31-22(19)21/h4-8,11,17,19,21-22,29H,9-10H2,1-3H3,(H,25,26,27)/t17-,19+,21?,22?/m1/s1. The number of nitrogens with one attached hydrogen (secondary N) is 1. The minimum Gasteiger partial charge on any atom is -0.483 e. The normalized spacial score (nSPS) is 24.3. The Labute approximate surface area is 196 Å². The summed E-state index contributed by atoms with van der Waals surface area (Å²) < 4.78 is 47.8. The van der Waals surface area contributed by atoms with Gasteiger partial charge in [0.1, 0.15) is 42.0 Å². The highest BCUT2D eigenvalue weighted by atomic mass is 32.2. The first-order chi connectivity index (χ1) is 16.2. The average molecular weight is 489 g/mol. The van der Waals surface area contributed by atoms with Crippen LogP contribution >= 0.6 is 0 Å². The molecule has 11 heteroatoms. The molecule has 0 amide bonds. The second kappa shape index (κ2) is 8.73.